The molecule has 0 amide bonds. The minimum absolute atomic E-state index is 0.0148. The lowest BCUT2D eigenvalue weighted by Crippen LogP contribution is -2.49. The predicted molar refractivity (Wildman–Crippen MR) is 174 cm³/mol. The Morgan fingerprint density at radius 3 is 1.25 bits per heavy atom. The van der Waals surface area contributed by atoms with E-state index in [1.165, 1.54) is 12.8 Å². The summed E-state index contributed by atoms with van der Waals surface area (Å²) in [7, 11) is 3.63. The summed E-state index contributed by atoms with van der Waals surface area (Å²) in [5.41, 5.74) is -2.14. The average Bonchev–Trinajstić information content (AvgIpc) is 2.98. The zero-order valence-electron chi connectivity index (χ0n) is 28.9. The molecule has 9 heteroatoms. The van der Waals surface area contributed by atoms with Crippen LogP contribution in [0.3, 0.4) is 0 Å². The highest BCUT2D eigenvalue weighted by atomic mass is 16.6. The molecule has 0 aromatic carbocycles. The zero-order chi connectivity index (χ0) is 32.9. The van der Waals surface area contributed by atoms with Crippen molar-refractivity contribution < 1.29 is 38.1 Å². The fourth-order valence-corrected chi connectivity index (χ4v) is 4.79. The third-order valence-corrected chi connectivity index (χ3v) is 7.56. The van der Waals surface area contributed by atoms with E-state index in [-0.39, 0.29) is 26.2 Å². The Kier molecular flexibility index (Phi) is 26.9. The van der Waals surface area contributed by atoms with Gasteiger partial charge >= 0.3 is 23.9 Å². The molecule has 0 N–H and O–H groups in total. The van der Waals surface area contributed by atoms with Gasteiger partial charge in [-0.3, -0.25) is 14.4 Å². The van der Waals surface area contributed by atoms with Crippen molar-refractivity contribution in [2.45, 2.75) is 161 Å². The van der Waals surface area contributed by atoms with Gasteiger partial charge in [-0.05, 0) is 33.4 Å². The highest BCUT2D eigenvalue weighted by molar-refractivity contribution is 5.92. The Morgan fingerprint density at radius 2 is 0.864 bits per heavy atom. The van der Waals surface area contributed by atoms with E-state index < -0.39 is 42.3 Å². The smallest absolute Gasteiger partial charge is 0.351 e. The molecule has 0 atom stereocenters. The Morgan fingerprint density at radius 1 is 0.500 bits per heavy atom. The molecule has 0 heterocycles. The van der Waals surface area contributed by atoms with Gasteiger partial charge in [-0.25, -0.2) is 4.79 Å². The molecule has 0 aliphatic carbocycles. The first-order valence-electron chi connectivity index (χ1n) is 17.6. The number of esters is 4. The summed E-state index contributed by atoms with van der Waals surface area (Å²) in [4.78, 5) is 54.3. The second kappa shape index (κ2) is 28.3. The summed E-state index contributed by atoms with van der Waals surface area (Å²) in [5.74, 6) is -3.02. The summed E-state index contributed by atoms with van der Waals surface area (Å²) in [6.45, 7) is 7.36. The minimum Gasteiger partial charge on any atom is -0.466 e. The third kappa shape index (κ3) is 23.3. The highest BCUT2D eigenvalue weighted by Gasteiger charge is 2.49. The number of hydrogen-bond acceptors (Lipinski definition) is 9. The minimum atomic E-state index is -2.14. The monoisotopic (exact) mass is 627 g/mol. The maximum atomic E-state index is 13.6. The van der Waals surface area contributed by atoms with Crippen LogP contribution in [0.1, 0.15) is 156 Å². The van der Waals surface area contributed by atoms with Crippen molar-refractivity contribution in [2.75, 3.05) is 40.5 Å². The number of nitrogens with zero attached hydrogens (tertiary/aromatic N) is 1. The largest absolute Gasteiger partial charge is 0.466 e. The van der Waals surface area contributed by atoms with Crippen LogP contribution in [0, 0.1) is 0 Å². The van der Waals surface area contributed by atoms with E-state index in [9.17, 15) is 19.2 Å². The Balaban J connectivity index is 5.54. The van der Waals surface area contributed by atoms with E-state index in [0.717, 1.165) is 83.5 Å². The first kappa shape index (κ1) is 41.8. The van der Waals surface area contributed by atoms with Crippen molar-refractivity contribution in [3.05, 3.63) is 0 Å². The van der Waals surface area contributed by atoms with Crippen LogP contribution in [-0.4, -0.2) is 74.8 Å². The Labute approximate surface area is 268 Å². The normalized spacial score (nSPS) is 11.4. The van der Waals surface area contributed by atoms with Gasteiger partial charge in [0, 0.05) is 6.54 Å². The van der Waals surface area contributed by atoms with Crippen molar-refractivity contribution in [1.29, 1.82) is 0 Å². The van der Waals surface area contributed by atoms with Crippen LogP contribution in [0.2, 0.25) is 0 Å². The molecule has 258 valence electrons. The van der Waals surface area contributed by atoms with Crippen LogP contribution in [0.15, 0.2) is 0 Å². The molecule has 0 aliphatic heterocycles. The van der Waals surface area contributed by atoms with E-state index in [2.05, 4.69) is 20.8 Å². The van der Waals surface area contributed by atoms with Gasteiger partial charge in [0.05, 0.1) is 39.1 Å². The van der Waals surface area contributed by atoms with Gasteiger partial charge in [-0.15, -0.1) is 0 Å². The number of rotatable bonds is 30. The molecule has 9 nitrogen and oxygen atoms in total. The van der Waals surface area contributed by atoms with Gasteiger partial charge < -0.3 is 23.8 Å². The Hall–Kier alpha value is -2.16. The van der Waals surface area contributed by atoms with Gasteiger partial charge in [-0.2, -0.15) is 0 Å². The standard InChI is InChI=1S/C35H65NO8/c1-6-9-12-15-18-21-26-41-32(38)29-35(44-31(37)24-25-36(4)5,34(40)43-28-23-20-17-14-11-8-3)30-33(39)42-27-22-19-16-13-10-7-2/h6-30H2,1-5H3. The average molecular weight is 628 g/mol. The SMILES string of the molecule is CCCCCCCCOC(=O)CC(CC(=O)OCCCCCCCC)(OC(=O)CCN(C)C)C(=O)OCCCCCCCC. The summed E-state index contributed by atoms with van der Waals surface area (Å²) in [5, 5.41) is 0. The van der Waals surface area contributed by atoms with E-state index in [0.29, 0.717) is 25.8 Å². The second-order valence-electron chi connectivity index (χ2n) is 12.3. The van der Waals surface area contributed by atoms with Crippen LogP contribution in [0.25, 0.3) is 0 Å². The van der Waals surface area contributed by atoms with Gasteiger partial charge in [0.2, 0.25) is 5.60 Å². The van der Waals surface area contributed by atoms with Gasteiger partial charge in [0.1, 0.15) is 0 Å². The lowest BCUT2D eigenvalue weighted by molar-refractivity contribution is -0.191. The van der Waals surface area contributed by atoms with Crippen molar-refractivity contribution >= 4 is 23.9 Å². The molecule has 0 aromatic heterocycles. The molecule has 0 bridgehead atoms. The summed E-state index contributed by atoms with van der Waals surface area (Å²) in [6.07, 6.45) is 17.1. The van der Waals surface area contributed by atoms with Crippen LogP contribution in [-0.2, 0) is 38.1 Å². The third-order valence-electron chi connectivity index (χ3n) is 7.56. The van der Waals surface area contributed by atoms with Crippen LogP contribution in [0.4, 0.5) is 0 Å². The van der Waals surface area contributed by atoms with Crippen LogP contribution < -0.4 is 0 Å². The van der Waals surface area contributed by atoms with Gasteiger partial charge in [0.15, 0.2) is 0 Å². The molecule has 0 unspecified atom stereocenters. The molecule has 0 saturated heterocycles. The molecule has 0 saturated carbocycles. The molecule has 0 aromatic rings. The molecule has 0 rings (SSSR count). The van der Waals surface area contributed by atoms with E-state index in [1.54, 1.807) is 0 Å². The maximum absolute atomic E-state index is 13.6. The predicted octanol–water partition coefficient (Wildman–Crippen LogP) is 7.71. The fourth-order valence-electron chi connectivity index (χ4n) is 4.79. The van der Waals surface area contributed by atoms with Crippen LogP contribution >= 0.6 is 0 Å². The quantitative estimate of drug-likeness (QED) is 0.0449. The van der Waals surface area contributed by atoms with Crippen molar-refractivity contribution in [3.63, 3.8) is 0 Å². The second-order valence-corrected chi connectivity index (χ2v) is 12.3. The number of hydrogen-bond donors (Lipinski definition) is 0. The van der Waals surface area contributed by atoms with Gasteiger partial charge in [0.25, 0.3) is 0 Å². The number of unbranched alkanes of at least 4 members (excludes halogenated alkanes) is 15. The molecular formula is C35H65NO8. The molecule has 0 aliphatic rings. The highest BCUT2D eigenvalue weighted by Crippen LogP contribution is 2.27. The Bertz CT molecular complexity index is 723. The van der Waals surface area contributed by atoms with Gasteiger partial charge in [-0.1, -0.05) is 117 Å². The summed E-state index contributed by atoms with van der Waals surface area (Å²) >= 11 is 0. The van der Waals surface area contributed by atoms with E-state index in [1.807, 2.05) is 19.0 Å². The molecule has 0 radical (unpaired) electrons. The zero-order valence-corrected chi connectivity index (χ0v) is 28.9. The number of carbonyl (C=O) groups excluding carboxylic acids is 4. The number of ether oxygens (including phenoxy) is 4. The lowest BCUT2D eigenvalue weighted by atomic mass is 9.94. The maximum Gasteiger partial charge on any atom is 0.351 e. The topological polar surface area (TPSA) is 108 Å². The first-order valence-corrected chi connectivity index (χ1v) is 17.6. The van der Waals surface area contributed by atoms with Crippen LogP contribution in [0.5, 0.6) is 0 Å². The summed E-state index contributed by atoms with van der Waals surface area (Å²) < 4.78 is 22.2. The molecule has 0 spiro atoms. The van der Waals surface area contributed by atoms with Crippen molar-refractivity contribution in [2.24, 2.45) is 0 Å². The molecule has 44 heavy (non-hydrogen) atoms. The van der Waals surface area contributed by atoms with Crippen molar-refractivity contribution in [1.82, 2.24) is 4.90 Å². The van der Waals surface area contributed by atoms with E-state index in [4.69, 9.17) is 18.9 Å². The van der Waals surface area contributed by atoms with Crippen molar-refractivity contribution in [3.8, 4) is 0 Å². The molecular weight excluding hydrogens is 562 g/mol. The fraction of sp³-hybridized carbons (Fsp3) is 0.886. The molecule has 0 fully saturated rings. The first-order chi connectivity index (χ1) is 21.2. The lowest BCUT2D eigenvalue weighted by Gasteiger charge is -2.30. The number of carbonyl (C=O) groups is 4. The summed E-state index contributed by atoms with van der Waals surface area (Å²) in [6, 6.07) is 0. The van der Waals surface area contributed by atoms with E-state index >= 15 is 0 Å².